The molecule has 14 heavy (non-hydrogen) atoms. The van der Waals surface area contributed by atoms with Crippen LogP contribution in [0.3, 0.4) is 0 Å². The molecule has 0 saturated carbocycles. The van der Waals surface area contributed by atoms with Gasteiger partial charge in [-0.1, -0.05) is 13.3 Å². The number of carbonyl (C=O) groups is 1. The summed E-state index contributed by atoms with van der Waals surface area (Å²) in [5.41, 5.74) is 0. The minimum atomic E-state index is -0.216. The molecule has 4 nitrogen and oxygen atoms in total. The summed E-state index contributed by atoms with van der Waals surface area (Å²) in [6, 6.07) is 0. The predicted molar refractivity (Wildman–Crippen MR) is 54.1 cm³/mol. The van der Waals surface area contributed by atoms with Gasteiger partial charge in [0.25, 0.3) is 0 Å². The lowest BCUT2D eigenvalue weighted by Gasteiger charge is -2.27. The average molecular weight is 198 g/mol. The Labute approximate surface area is 85.1 Å². The Balaban J connectivity index is 2.50. The normalized spacial score (nSPS) is 17.4. The van der Waals surface area contributed by atoms with Gasteiger partial charge in [0.15, 0.2) is 6.23 Å². The molecule has 0 aliphatic carbocycles. The Morgan fingerprint density at radius 1 is 1.57 bits per heavy atom. The van der Waals surface area contributed by atoms with Crippen LogP contribution >= 0.6 is 0 Å². The van der Waals surface area contributed by atoms with Gasteiger partial charge < -0.3 is 14.5 Å². The van der Waals surface area contributed by atoms with Crippen LogP contribution in [0.15, 0.2) is 12.4 Å². The molecule has 1 unspecified atom stereocenters. The lowest BCUT2D eigenvalue weighted by atomic mass is 10.3. The Morgan fingerprint density at radius 3 is 2.71 bits per heavy atom. The number of esters is 1. The van der Waals surface area contributed by atoms with Gasteiger partial charge in [0, 0.05) is 32.8 Å². The Morgan fingerprint density at radius 2 is 2.29 bits per heavy atom. The summed E-state index contributed by atoms with van der Waals surface area (Å²) in [6.07, 6.45) is 5.71. The van der Waals surface area contributed by atoms with Gasteiger partial charge in [-0.05, 0) is 0 Å². The second-order valence-corrected chi connectivity index (χ2v) is 3.56. The Hall–Kier alpha value is -1.19. The second-order valence-electron chi connectivity index (χ2n) is 3.56. The molecule has 0 N–H and O–H groups in total. The molecule has 0 aromatic carbocycles. The topological polar surface area (TPSA) is 32.8 Å². The number of carbonyl (C=O) groups excluding carboxylic acids is 1. The second kappa shape index (κ2) is 4.88. The molecule has 1 atom stereocenters. The minimum Gasteiger partial charge on any atom is -0.442 e. The van der Waals surface area contributed by atoms with Gasteiger partial charge in [-0.2, -0.15) is 0 Å². The van der Waals surface area contributed by atoms with Crippen LogP contribution in [-0.4, -0.2) is 35.7 Å². The predicted octanol–water partition coefficient (Wildman–Crippen LogP) is 1.35. The van der Waals surface area contributed by atoms with E-state index in [2.05, 4.69) is 6.92 Å². The van der Waals surface area contributed by atoms with Gasteiger partial charge in [0.2, 0.25) is 0 Å². The van der Waals surface area contributed by atoms with Crippen molar-refractivity contribution in [3.63, 3.8) is 0 Å². The molecule has 0 saturated heterocycles. The molecule has 1 rings (SSSR count). The van der Waals surface area contributed by atoms with Crippen molar-refractivity contribution >= 4 is 5.97 Å². The molecule has 0 amide bonds. The first-order chi connectivity index (χ1) is 6.63. The Kier molecular flexibility index (Phi) is 3.80. The number of hydrogen-bond donors (Lipinski definition) is 0. The zero-order valence-electron chi connectivity index (χ0n) is 9.06. The van der Waals surface area contributed by atoms with Crippen molar-refractivity contribution in [2.45, 2.75) is 32.9 Å². The van der Waals surface area contributed by atoms with Gasteiger partial charge in [0.05, 0.1) is 6.67 Å². The fraction of sp³-hybridized carbons (Fsp3) is 0.700. The van der Waals surface area contributed by atoms with E-state index < -0.39 is 0 Å². The van der Waals surface area contributed by atoms with Crippen molar-refractivity contribution in [1.29, 1.82) is 0 Å². The van der Waals surface area contributed by atoms with E-state index >= 15 is 0 Å². The third-order valence-corrected chi connectivity index (χ3v) is 2.11. The van der Waals surface area contributed by atoms with Gasteiger partial charge >= 0.3 is 5.97 Å². The van der Waals surface area contributed by atoms with Crippen molar-refractivity contribution in [3.8, 4) is 0 Å². The van der Waals surface area contributed by atoms with Crippen LogP contribution in [0.5, 0.6) is 0 Å². The van der Waals surface area contributed by atoms with E-state index in [0.717, 1.165) is 19.5 Å². The van der Waals surface area contributed by atoms with E-state index in [0.29, 0.717) is 0 Å². The van der Waals surface area contributed by atoms with E-state index in [4.69, 9.17) is 4.74 Å². The van der Waals surface area contributed by atoms with Crippen LogP contribution in [0.25, 0.3) is 0 Å². The fourth-order valence-corrected chi connectivity index (χ4v) is 1.47. The molecule has 4 heteroatoms. The maximum absolute atomic E-state index is 10.9. The molecular weight excluding hydrogens is 180 g/mol. The van der Waals surface area contributed by atoms with E-state index in [1.165, 1.54) is 6.92 Å². The molecule has 1 heterocycles. The maximum atomic E-state index is 10.9. The first-order valence-electron chi connectivity index (χ1n) is 4.95. The SMILES string of the molecule is CCCC(OC(C)=O)N1C=CN(C)C1. The van der Waals surface area contributed by atoms with E-state index in [9.17, 15) is 4.79 Å². The first-order valence-corrected chi connectivity index (χ1v) is 4.95. The van der Waals surface area contributed by atoms with Gasteiger partial charge in [0.1, 0.15) is 0 Å². The third kappa shape index (κ3) is 2.94. The smallest absolute Gasteiger partial charge is 0.304 e. The van der Waals surface area contributed by atoms with Crippen LogP contribution in [0, 0.1) is 0 Å². The van der Waals surface area contributed by atoms with Crippen LogP contribution < -0.4 is 0 Å². The highest BCUT2D eigenvalue weighted by Crippen LogP contribution is 2.14. The summed E-state index contributed by atoms with van der Waals surface area (Å²) in [4.78, 5) is 15.0. The third-order valence-electron chi connectivity index (χ3n) is 2.11. The molecule has 0 fully saturated rings. The Bertz CT molecular complexity index is 228. The fourth-order valence-electron chi connectivity index (χ4n) is 1.47. The van der Waals surface area contributed by atoms with E-state index in [-0.39, 0.29) is 12.2 Å². The summed E-state index contributed by atoms with van der Waals surface area (Å²) in [5.74, 6) is -0.216. The highest BCUT2D eigenvalue weighted by molar-refractivity contribution is 5.66. The number of hydrogen-bond acceptors (Lipinski definition) is 4. The monoisotopic (exact) mass is 198 g/mol. The summed E-state index contributed by atoms with van der Waals surface area (Å²) >= 11 is 0. The molecule has 0 aromatic rings. The van der Waals surface area contributed by atoms with Crippen molar-refractivity contribution in [2.24, 2.45) is 0 Å². The molecule has 0 spiro atoms. The molecule has 0 bridgehead atoms. The first kappa shape index (κ1) is 10.9. The lowest BCUT2D eigenvalue weighted by molar-refractivity contribution is -0.155. The van der Waals surface area contributed by atoms with Crippen molar-refractivity contribution in [1.82, 2.24) is 9.80 Å². The standard InChI is InChI=1S/C10H18N2O2/c1-4-5-10(14-9(2)13)12-7-6-11(3)8-12/h6-7,10H,4-5,8H2,1-3H3. The van der Waals surface area contributed by atoms with Gasteiger partial charge in [-0.15, -0.1) is 0 Å². The van der Waals surface area contributed by atoms with Crippen LogP contribution in [0.1, 0.15) is 26.7 Å². The van der Waals surface area contributed by atoms with E-state index in [1.807, 2.05) is 29.2 Å². The zero-order valence-corrected chi connectivity index (χ0v) is 9.06. The summed E-state index contributed by atoms with van der Waals surface area (Å²) in [7, 11) is 1.99. The van der Waals surface area contributed by atoms with Gasteiger partial charge in [-0.25, -0.2) is 0 Å². The zero-order chi connectivity index (χ0) is 10.6. The van der Waals surface area contributed by atoms with Crippen molar-refractivity contribution < 1.29 is 9.53 Å². The van der Waals surface area contributed by atoms with E-state index in [1.54, 1.807) is 0 Å². The molecule has 80 valence electrons. The van der Waals surface area contributed by atoms with Crippen molar-refractivity contribution in [3.05, 3.63) is 12.4 Å². The van der Waals surface area contributed by atoms with Crippen LogP contribution in [0.2, 0.25) is 0 Å². The largest absolute Gasteiger partial charge is 0.442 e. The van der Waals surface area contributed by atoms with Crippen molar-refractivity contribution in [2.75, 3.05) is 13.7 Å². The molecule has 0 radical (unpaired) electrons. The number of rotatable bonds is 4. The van der Waals surface area contributed by atoms with Crippen LogP contribution in [-0.2, 0) is 9.53 Å². The molecule has 1 aliphatic rings. The summed E-state index contributed by atoms with van der Waals surface area (Å²) < 4.78 is 5.23. The maximum Gasteiger partial charge on any atom is 0.304 e. The summed E-state index contributed by atoms with van der Waals surface area (Å²) in [5, 5.41) is 0. The lowest BCUT2D eigenvalue weighted by Crippen LogP contribution is -2.36. The highest BCUT2D eigenvalue weighted by Gasteiger charge is 2.20. The summed E-state index contributed by atoms with van der Waals surface area (Å²) in [6.45, 7) is 4.32. The highest BCUT2D eigenvalue weighted by atomic mass is 16.6. The minimum absolute atomic E-state index is 0.112. The number of ether oxygens (including phenoxy) is 1. The average Bonchev–Trinajstić information content (AvgIpc) is 2.50. The molecule has 1 aliphatic heterocycles. The van der Waals surface area contributed by atoms with Crippen LogP contribution in [0.4, 0.5) is 0 Å². The quantitative estimate of drug-likeness (QED) is 0.638. The molecular formula is C10H18N2O2. The molecule has 0 aromatic heterocycles. The van der Waals surface area contributed by atoms with Gasteiger partial charge in [-0.3, -0.25) is 4.79 Å². The number of nitrogens with zero attached hydrogens (tertiary/aromatic N) is 2.